The molecule has 0 aliphatic carbocycles. The lowest BCUT2D eigenvalue weighted by Gasteiger charge is -2.46. The number of nitrogens with zero attached hydrogens (tertiary/aromatic N) is 1. The van der Waals surface area contributed by atoms with E-state index in [1.807, 2.05) is 19.1 Å². The fourth-order valence-corrected chi connectivity index (χ4v) is 3.19. The summed E-state index contributed by atoms with van der Waals surface area (Å²) in [6.07, 6.45) is 2.17. The lowest BCUT2D eigenvalue weighted by Crippen LogP contribution is -2.53. The van der Waals surface area contributed by atoms with Crippen LogP contribution in [0.1, 0.15) is 33.3 Å². The van der Waals surface area contributed by atoms with Gasteiger partial charge < -0.3 is 14.4 Å². The van der Waals surface area contributed by atoms with E-state index in [0.717, 1.165) is 17.0 Å². The molecule has 0 amide bonds. The maximum absolute atomic E-state index is 12.1. The first-order valence-corrected chi connectivity index (χ1v) is 7.07. The van der Waals surface area contributed by atoms with E-state index in [-0.39, 0.29) is 11.5 Å². The monoisotopic (exact) mass is 289 g/mol. The highest BCUT2D eigenvalue weighted by Crippen LogP contribution is 2.45. The molecule has 1 aromatic carbocycles. The molecule has 4 heteroatoms. The van der Waals surface area contributed by atoms with Crippen LogP contribution in [0.3, 0.4) is 0 Å². The number of allylic oxidation sites excluding steroid dienone is 1. The van der Waals surface area contributed by atoms with Crippen LogP contribution in [0.2, 0.25) is 0 Å². The molecule has 1 heterocycles. The van der Waals surface area contributed by atoms with Gasteiger partial charge in [-0.15, -0.1) is 0 Å². The zero-order chi connectivity index (χ0) is 15.8. The number of methoxy groups -OCH3 is 2. The van der Waals surface area contributed by atoms with E-state index >= 15 is 0 Å². The number of carbonyl (C=O) groups is 1. The summed E-state index contributed by atoms with van der Waals surface area (Å²) in [5.74, 6) is 0.511. The highest BCUT2D eigenvalue weighted by molar-refractivity contribution is 5.89. The summed E-state index contributed by atoms with van der Waals surface area (Å²) in [5.41, 5.74) is 2.91. The third-order valence-corrected chi connectivity index (χ3v) is 4.00. The van der Waals surface area contributed by atoms with Gasteiger partial charge in [0, 0.05) is 5.56 Å². The molecule has 1 aliphatic rings. The van der Waals surface area contributed by atoms with Crippen molar-refractivity contribution in [3.05, 3.63) is 29.8 Å². The predicted octanol–water partition coefficient (Wildman–Crippen LogP) is 3.26. The van der Waals surface area contributed by atoms with Crippen LogP contribution in [0.4, 0.5) is 5.69 Å². The third kappa shape index (κ3) is 2.50. The maximum atomic E-state index is 12.1. The first-order chi connectivity index (χ1) is 9.83. The smallest absolute Gasteiger partial charge is 0.328 e. The number of hydrogen-bond acceptors (Lipinski definition) is 4. The number of anilines is 1. The van der Waals surface area contributed by atoms with Crippen LogP contribution in [0, 0.1) is 0 Å². The van der Waals surface area contributed by atoms with Crippen LogP contribution in [0.15, 0.2) is 24.3 Å². The number of esters is 1. The van der Waals surface area contributed by atoms with Gasteiger partial charge >= 0.3 is 5.97 Å². The quantitative estimate of drug-likeness (QED) is 0.801. The summed E-state index contributed by atoms with van der Waals surface area (Å²) in [6.45, 7) is 8.12. The fraction of sp³-hybridized carbons (Fsp3) is 0.471. The molecule has 0 bridgehead atoms. The Bertz CT molecular complexity index is 590. The molecule has 0 saturated carbocycles. The van der Waals surface area contributed by atoms with E-state index in [0.29, 0.717) is 0 Å². The Morgan fingerprint density at radius 1 is 1.29 bits per heavy atom. The predicted molar refractivity (Wildman–Crippen MR) is 84.7 cm³/mol. The van der Waals surface area contributed by atoms with E-state index in [1.165, 1.54) is 12.7 Å². The normalized spacial score (nSPS) is 17.6. The topological polar surface area (TPSA) is 38.8 Å². The Balaban J connectivity index is 2.67. The Morgan fingerprint density at radius 3 is 2.52 bits per heavy atom. The van der Waals surface area contributed by atoms with E-state index in [1.54, 1.807) is 7.11 Å². The number of fused-ring (bicyclic) bond motifs is 1. The molecule has 0 aromatic heterocycles. The van der Waals surface area contributed by atoms with Crippen LogP contribution in [0.25, 0.3) is 5.57 Å². The molecule has 0 spiro atoms. The molecule has 1 aliphatic heterocycles. The summed E-state index contributed by atoms with van der Waals surface area (Å²) < 4.78 is 10.5. The zero-order valence-corrected chi connectivity index (χ0v) is 13.6. The van der Waals surface area contributed by atoms with Crippen LogP contribution < -0.4 is 9.64 Å². The first kappa shape index (κ1) is 15.4. The highest BCUT2D eigenvalue weighted by Gasteiger charge is 2.39. The van der Waals surface area contributed by atoms with Gasteiger partial charge in [-0.05, 0) is 39.3 Å². The SMILES string of the molecule is COC(=O)[C@@H](C)N1c2c(OC)cccc2C(C)=CC1(C)C. The van der Waals surface area contributed by atoms with Gasteiger partial charge in [0.15, 0.2) is 0 Å². The van der Waals surface area contributed by atoms with Crippen molar-refractivity contribution in [3.63, 3.8) is 0 Å². The molecule has 2 rings (SSSR count). The summed E-state index contributed by atoms with van der Waals surface area (Å²) in [4.78, 5) is 14.1. The summed E-state index contributed by atoms with van der Waals surface area (Å²) in [5, 5.41) is 0. The van der Waals surface area contributed by atoms with Crippen LogP contribution in [-0.4, -0.2) is 31.8 Å². The summed E-state index contributed by atoms with van der Waals surface area (Å²) in [6, 6.07) is 5.54. The minimum atomic E-state index is -0.399. The van der Waals surface area contributed by atoms with Crippen LogP contribution in [-0.2, 0) is 9.53 Å². The Kier molecular flexibility index (Phi) is 3.99. The van der Waals surface area contributed by atoms with Crippen molar-refractivity contribution in [2.24, 2.45) is 0 Å². The van der Waals surface area contributed by atoms with E-state index in [9.17, 15) is 4.79 Å². The lowest BCUT2D eigenvalue weighted by atomic mass is 9.87. The number of rotatable bonds is 3. The van der Waals surface area contributed by atoms with Crippen LogP contribution >= 0.6 is 0 Å². The number of ether oxygens (including phenoxy) is 2. The largest absolute Gasteiger partial charge is 0.495 e. The standard InChI is InChI=1S/C17H23NO3/c1-11-10-17(3,4)18(12(2)16(19)21-6)15-13(11)8-7-9-14(15)20-5/h7-10,12H,1-6H3/t12-/m1/s1. The van der Waals surface area contributed by atoms with Crippen molar-refractivity contribution in [3.8, 4) is 5.75 Å². The second-order valence-electron chi connectivity index (χ2n) is 5.91. The Labute approximate surface area is 126 Å². The third-order valence-electron chi connectivity index (χ3n) is 4.00. The molecule has 114 valence electrons. The minimum absolute atomic E-state index is 0.257. The zero-order valence-electron chi connectivity index (χ0n) is 13.6. The van der Waals surface area contributed by atoms with Crippen molar-refractivity contribution in [2.45, 2.75) is 39.3 Å². The minimum Gasteiger partial charge on any atom is -0.495 e. The number of carbonyl (C=O) groups excluding carboxylic acids is 1. The molecule has 0 unspecified atom stereocenters. The van der Waals surface area contributed by atoms with Crippen LogP contribution in [0.5, 0.6) is 5.75 Å². The van der Waals surface area contributed by atoms with Gasteiger partial charge in [0.05, 0.1) is 25.4 Å². The van der Waals surface area contributed by atoms with Crippen molar-refractivity contribution < 1.29 is 14.3 Å². The molecule has 0 saturated heterocycles. The van der Waals surface area contributed by atoms with Gasteiger partial charge in [-0.25, -0.2) is 4.79 Å². The Hall–Kier alpha value is -1.97. The molecular weight excluding hydrogens is 266 g/mol. The molecular formula is C17H23NO3. The number of benzene rings is 1. The maximum Gasteiger partial charge on any atom is 0.328 e. The summed E-state index contributed by atoms with van der Waals surface area (Å²) in [7, 11) is 3.07. The molecule has 0 fully saturated rings. The second kappa shape index (κ2) is 5.43. The number of para-hydroxylation sites is 1. The molecule has 21 heavy (non-hydrogen) atoms. The molecule has 0 N–H and O–H groups in total. The second-order valence-corrected chi connectivity index (χ2v) is 5.91. The Morgan fingerprint density at radius 2 is 1.95 bits per heavy atom. The first-order valence-electron chi connectivity index (χ1n) is 7.07. The van der Waals surface area contributed by atoms with E-state index < -0.39 is 6.04 Å². The van der Waals surface area contributed by atoms with Gasteiger partial charge in [0.25, 0.3) is 0 Å². The summed E-state index contributed by atoms with van der Waals surface area (Å²) >= 11 is 0. The van der Waals surface area contributed by atoms with Gasteiger partial charge in [-0.1, -0.05) is 18.2 Å². The van der Waals surface area contributed by atoms with E-state index in [2.05, 4.69) is 37.8 Å². The van der Waals surface area contributed by atoms with Crippen molar-refractivity contribution >= 4 is 17.2 Å². The van der Waals surface area contributed by atoms with Gasteiger partial charge in [-0.2, -0.15) is 0 Å². The fourth-order valence-electron chi connectivity index (χ4n) is 3.19. The molecule has 0 radical (unpaired) electrons. The van der Waals surface area contributed by atoms with Gasteiger partial charge in [0.2, 0.25) is 0 Å². The lowest BCUT2D eigenvalue weighted by molar-refractivity contribution is -0.142. The molecule has 1 aromatic rings. The van der Waals surface area contributed by atoms with Crippen molar-refractivity contribution in [1.82, 2.24) is 0 Å². The number of hydrogen-bond donors (Lipinski definition) is 0. The molecule has 1 atom stereocenters. The van der Waals surface area contributed by atoms with Crippen molar-refractivity contribution in [1.29, 1.82) is 0 Å². The van der Waals surface area contributed by atoms with Crippen molar-refractivity contribution in [2.75, 3.05) is 19.1 Å². The highest BCUT2D eigenvalue weighted by atomic mass is 16.5. The average Bonchev–Trinajstić information content (AvgIpc) is 2.44. The molecule has 4 nitrogen and oxygen atoms in total. The van der Waals surface area contributed by atoms with E-state index in [4.69, 9.17) is 9.47 Å². The van der Waals surface area contributed by atoms with Gasteiger partial charge in [-0.3, -0.25) is 0 Å². The average molecular weight is 289 g/mol. The van der Waals surface area contributed by atoms with Gasteiger partial charge in [0.1, 0.15) is 11.8 Å².